The summed E-state index contributed by atoms with van der Waals surface area (Å²) in [6.07, 6.45) is 4.55. The van der Waals surface area contributed by atoms with Crippen LogP contribution in [0.5, 0.6) is 0 Å². The number of anilines is 6. The molecule has 0 atom stereocenters. The molecular weight excluding hydrogens is 543 g/mol. The van der Waals surface area contributed by atoms with Crippen LogP contribution in [-0.2, 0) is 25.7 Å². The third-order valence-corrected chi connectivity index (χ3v) is 11.0. The van der Waals surface area contributed by atoms with Crippen LogP contribution in [0, 0.1) is 24.7 Å². The van der Waals surface area contributed by atoms with Crippen LogP contribution in [0.25, 0.3) is 0 Å². The first-order chi connectivity index (χ1) is 21.6. The van der Waals surface area contributed by atoms with Crippen molar-refractivity contribution in [3.8, 4) is 0 Å². The molecule has 0 unspecified atom stereocenters. The van der Waals surface area contributed by atoms with E-state index < -0.39 is 0 Å². The molecule has 0 spiro atoms. The smallest absolute Gasteiger partial charge is 0.252 e. The molecule has 0 fully saturated rings. The van der Waals surface area contributed by atoms with Crippen LogP contribution in [-0.4, -0.2) is 6.71 Å². The molecule has 0 radical (unpaired) electrons. The van der Waals surface area contributed by atoms with Crippen LogP contribution in [0.15, 0.2) is 91.0 Å². The molecule has 9 rings (SSSR count). The number of hydrogen-bond donors (Lipinski definition) is 0. The van der Waals surface area contributed by atoms with Gasteiger partial charge in [0.2, 0.25) is 0 Å². The van der Waals surface area contributed by atoms with E-state index in [0.29, 0.717) is 0 Å². The van der Waals surface area contributed by atoms with Gasteiger partial charge in [0, 0.05) is 34.1 Å². The van der Waals surface area contributed by atoms with Gasteiger partial charge in [-0.3, -0.25) is 0 Å². The Hall–Kier alpha value is -4.24. The Balaban J connectivity index is 1.39. The number of benzene rings is 5. The monoisotopic (exact) mass is 584 g/mol. The highest BCUT2D eigenvalue weighted by molar-refractivity contribution is 7.00. The van der Waals surface area contributed by atoms with Crippen molar-refractivity contribution >= 4 is 57.2 Å². The van der Waals surface area contributed by atoms with Gasteiger partial charge in [-0.1, -0.05) is 82.3 Å². The van der Waals surface area contributed by atoms with E-state index in [1.54, 1.807) is 0 Å². The summed E-state index contributed by atoms with van der Waals surface area (Å²) in [7, 11) is 0. The first kappa shape index (κ1) is 27.1. The number of fused-ring (bicyclic) bond motifs is 6. The Labute approximate surface area is 268 Å². The van der Waals surface area contributed by atoms with Crippen LogP contribution in [0.3, 0.4) is 0 Å². The van der Waals surface area contributed by atoms with Crippen LogP contribution >= 0.6 is 0 Å². The Morgan fingerprint density at radius 1 is 0.467 bits per heavy atom. The van der Waals surface area contributed by atoms with Crippen LogP contribution < -0.4 is 26.2 Å². The van der Waals surface area contributed by atoms with Gasteiger partial charge in [0.15, 0.2) is 0 Å². The Bertz CT molecular complexity index is 1930. The van der Waals surface area contributed by atoms with Gasteiger partial charge in [0.25, 0.3) is 6.71 Å². The molecular formula is C42H41BN2. The van der Waals surface area contributed by atoms with Crippen LogP contribution in [0.4, 0.5) is 34.1 Å². The SMILES string of the molecule is Cc1ccccc1N1c2cc3c(cc2B2c4cc5c(cc4N(c4ccccc4C)c4cccc1c42)CC(C)(C)C5)CC(C)(C)C3. The summed E-state index contributed by atoms with van der Waals surface area (Å²) in [6, 6.07) is 35.2. The van der Waals surface area contributed by atoms with Crippen LogP contribution in [0.1, 0.15) is 61.1 Å². The zero-order valence-corrected chi connectivity index (χ0v) is 27.5. The zero-order valence-electron chi connectivity index (χ0n) is 27.5. The highest BCUT2D eigenvalue weighted by Crippen LogP contribution is 2.48. The van der Waals surface area contributed by atoms with Crippen molar-refractivity contribution in [3.05, 3.63) is 124 Å². The minimum Gasteiger partial charge on any atom is -0.311 e. The van der Waals surface area contributed by atoms with Crippen molar-refractivity contribution in [1.82, 2.24) is 0 Å². The van der Waals surface area contributed by atoms with E-state index in [0.717, 1.165) is 25.7 Å². The molecule has 45 heavy (non-hydrogen) atoms. The fourth-order valence-corrected chi connectivity index (χ4v) is 9.20. The molecule has 0 aromatic heterocycles. The standard InChI is InChI=1S/C42H41BN2/c1-26-12-7-9-14-34(26)44-36-16-11-17-37-40(36)43(32-18-28-22-41(3,4)24-30(28)20-38(32)44)33-19-29-23-42(5,6)25-31(29)21-39(33)45(37)35-15-10-8-13-27(35)2/h7-21H,22-25H2,1-6H3. The van der Waals surface area contributed by atoms with E-state index >= 15 is 0 Å². The minimum absolute atomic E-state index is 0.185. The van der Waals surface area contributed by atoms with Crippen molar-refractivity contribution in [2.75, 3.05) is 9.80 Å². The predicted molar refractivity (Wildman–Crippen MR) is 192 cm³/mol. The van der Waals surface area contributed by atoms with E-state index in [4.69, 9.17) is 0 Å². The quantitative estimate of drug-likeness (QED) is 0.188. The first-order valence-corrected chi connectivity index (χ1v) is 16.7. The predicted octanol–water partition coefficient (Wildman–Crippen LogP) is 8.64. The number of aryl methyl sites for hydroxylation is 2. The molecule has 3 heteroatoms. The van der Waals surface area contributed by atoms with Crippen molar-refractivity contribution in [2.24, 2.45) is 10.8 Å². The highest BCUT2D eigenvalue weighted by Gasteiger charge is 2.45. The molecule has 0 amide bonds. The van der Waals surface area contributed by atoms with Gasteiger partial charge in [0.1, 0.15) is 0 Å². The summed E-state index contributed by atoms with van der Waals surface area (Å²) in [5, 5.41) is 0. The molecule has 0 saturated heterocycles. The average Bonchev–Trinajstić information content (AvgIpc) is 3.47. The fraction of sp³-hybridized carbons (Fsp3) is 0.286. The van der Waals surface area contributed by atoms with E-state index in [1.807, 2.05) is 0 Å². The Morgan fingerprint density at radius 3 is 1.27 bits per heavy atom. The van der Waals surface area contributed by atoms with E-state index in [1.165, 1.54) is 83.9 Å². The second kappa shape index (κ2) is 9.16. The summed E-state index contributed by atoms with van der Waals surface area (Å²) in [6.45, 7) is 14.4. The van der Waals surface area contributed by atoms with Gasteiger partial charge in [-0.25, -0.2) is 0 Å². The lowest BCUT2D eigenvalue weighted by Gasteiger charge is -2.45. The molecule has 2 nitrogen and oxygen atoms in total. The lowest BCUT2D eigenvalue weighted by Crippen LogP contribution is -2.61. The van der Waals surface area contributed by atoms with E-state index in [-0.39, 0.29) is 17.5 Å². The molecule has 0 saturated carbocycles. The van der Waals surface area contributed by atoms with Gasteiger partial charge in [-0.15, -0.1) is 0 Å². The van der Waals surface area contributed by atoms with Crippen molar-refractivity contribution in [1.29, 1.82) is 0 Å². The molecule has 5 aromatic rings. The number of nitrogens with zero attached hydrogens (tertiary/aromatic N) is 2. The maximum absolute atomic E-state index is 2.61. The highest BCUT2D eigenvalue weighted by atomic mass is 15.2. The number of para-hydroxylation sites is 2. The number of hydrogen-bond acceptors (Lipinski definition) is 2. The lowest BCUT2D eigenvalue weighted by atomic mass is 9.33. The lowest BCUT2D eigenvalue weighted by molar-refractivity contribution is 0.392. The third kappa shape index (κ3) is 3.95. The molecule has 222 valence electrons. The van der Waals surface area contributed by atoms with E-state index in [2.05, 4.69) is 142 Å². The second-order valence-electron chi connectivity index (χ2n) is 15.8. The molecule has 2 aliphatic heterocycles. The van der Waals surface area contributed by atoms with Crippen molar-refractivity contribution in [3.63, 3.8) is 0 Å². The third-order valence-electron chi connectivity index (χ3n) is 11.0. The van der Waals surface area contributed by atoms with Gasteiger partial charge in [0.05, 0.1) is 0 Å². The second-order valence-corrected chi connectivity index (χ2v) is 15.8. The van der Waals surface area contributed by atoms with Crippen molar-refractivity contribution in [2.45, 2.75) is 67.2 Å². The van der Waals surface area contributed by atoms with Gasteiger partial charge >= 0.3 is 0 Å². The molecule has 0 bridgehead atoms. The largest absolute Gasteiger partial charge is 0.311 e. The molecule has 4 aliphatic rings. The maximum atomic E-state index is 2.61. The molecule has 2 aliphatic carbocycles. The minimum atomic E-state index is 0.185. The topological polar surface area (TPSA) is 6.48 Å². The number of rotatable bonds is 2. The zero-order chi connectivity index (χ0) is 30.8. The first-order valence-electron chi connectivity index (χ1n) is 16.7. The Kier molecular flexibility index (Phi) is 5.52. The molecule has 0 N–H and O–H groups in total. The van der Waals surface area contributed by atoms with Crippen LogP contribution in [0.2, 0.25) is 0 Å². The van der Waals surface area contributed by atoms with Gasteiger partial charge < -0.3 is 9.80 Å². The summed E-state index contributed by atoms with van der Waals surface area (Å²) in [5.74, 6) is 0. The summed E-state index contributed by atoms with van der Waals surface area (Å²) in [5.41, 5.74) is 21.5. The summed E-state index contributed by atoms with van der Waals surface area (Å²) < 4.78 is 0. The Morgan fingerprint density at radius 2 is 0.844 bits per heavy atom. The van der Waals surface area contributed by atoms with Gasteiger partial charge in [-0.05, 0) is 137 Å². The summed E-state index contributed by atoms with van der Waals surface area (Å²) in [4.78, 5) is 5.17. The average molecular weight is 585 g/mol. The normalized spacial score (nSPS) is 17.9. The van der Waals surface area contributed by atoms with Gasteiger partial charge in [-0.2, -0.15) is 0 Å². The molecule has 5 aromatic carbocycles. The van der Waals surface area contributed by atoms with Crippen molar-refractivity contribution < 1.29 is 0 Å². The molecule has 2 heterocycles. The summed E-state index contributed by atoms with van der Waals surface area (Å²) >= 11 is 0. The van der Waals surface area contributed by atoms with E-state index in [9.17, 15) is 0 Å². The maximum Gasteiger partial charge on any atom is 0.252 e. The fourth-order valence-electron chi connectivity index (χ4n) is 9.20.